The lowest BCUT2D eigenvalue weighted by Crippen LogP contribution is -2.40. The van der Waals surface area contributed by atoms with E-state index in [0.717, 1.165) is 44.1 Å². The highest BCUT2D eigenvalue weighted by Crippen LogP contribution is 2.33. The molecule has 0 aromatic heterocycles. The summed E-state index contributed by atoms with van der Waals surface area (Å²) in [5.41, 5.74) is 1.89. The number of carbonyl (C=O) groups excluding carboxylic acids is 2. The second-order valence-electron chi connectivity index (χ2n) is 8.34. The molecule has 0 atom stereocenters. The van der Waals surface area contributed by atoms with Crippen molar-refractivity contribution in [1.29, 1.82) is 0 Å². The van der Waals surface area contributed by atoms with E-state index in [9.17, 15) is 18.0 Å². The number of anilines is 1. The minimum atomic E-state index is -4.27. The van der Waals surface area contributed by atoms with Crippen molar-refractivity contribution in [2.24, 2.45) is 0 Å². The molecule has 2 aromatic carbocycles. The molecule has 6 nitrogen and oxygen atoms in total. The monoisotopic (exact) mass is 452 g/mol. The Labute approximate surface area is 189 Å². The number of carbonyl (C=O) groups is 2. The molecule has 0 bridgehead atoms. The predicted octanol–water partition coefficient (Wildman–Crippen LogP) is 4.55. The van der Waals surface area contributed by atoms with E-state index in [2.05, 4.69) is 11.6 Å². The SMILES string of the molecule is CCCCc1ccc(NS(=O)(=O)C2=C(N3CCCCC3)C(=O)c3ccccc3C2=O)cc1. The van der Waals surface area contributed by atoms with Gasteiger partial charge < -0.3 is 4.90 Å². The summed E-state index contributed by atoms with van der Waals surface area (Å²) in [6.07, 6.45) is 5.80. The summed E-state index contributed by atoms with van der Waals surface area (Å²) in [5.74, 6) is -1.04. The number of nitrogens with one attached hydrogen (secondary N) is 1. The van der Waals surface area contributed by atoms with Crippen LogP contribution in [0.15, 0.2) is 59.1 Å². The van der Waals surface area contributed by atoms with Gasteiger partial charge in [-0.2, -0.15) is 0 Å². The van der Waals surface area contributed by atoms with E-state index < -0.39 is 26.5 Å². The molecule has 1 saturated heterocycles. The molecule has 0 saturated carbocycles. The molecule has 1 fully saturated rings. The van der Waals surface area contributed by atoms with E-state index >= 15 is 0 Å². The van der Waals surface area contributed by atoms with Crippen LogP contribution < -0.4 is 4.72 Å². The van der Waals surface area contributed by atoms with Crippen LogP contribution in [0, 0.1) is 0 Å². The van der Waals surface area contributed by atoms with Crippen molar-refractivity contribution >= 4 is 27.3 Å². The van der Waals surface area contributed by atoms with Gasteiger partial charge in [-0.25, -0.2) is 8.42 Å². The fourth-order valence-electron chi connectivity index (χ4n) is 4.32. The van der Waals surface area contributed by atoms with E-state index in [1.807, 2.05) is 12.1 Å². The summed E-state index contributed by atoms with van der Waals surface area (Å²) in [6.45, 7) is 3.24. The van der Waals surface area contributed by atoms with E-state index in [0.29, 0.717) is 18.8 Å². The van der Waals surface area contributed by atoms with Crippen LogP contribution >= 0.6 is 0 Å². The number of allylic oxidation sites excluding steroid dienone is 2. The van der Waals surface area contributed by atoms with Gasteiger partial charge in [0.25, 0.3) is 10.0 Å². The normalized spacial score (nSPS) is 16.8. The Balaban J connectivity index is 1.74. The number of fused-ring (bicyclic) bond motifs is 1. The first-order valence-corrected chi connectivity index (χ1v) is 12.7. The Hall–Kier alpha value is -2.93. The lowest BCUT2D eigenvalue weighted by atomic mass is 9.91. The Kier molecular flexibility index (Phi) is 6.46. The van der Waals surface area contributed by atoms with Crippen LogP contribution in [-0.4, -0.2) is 38.0 Å². The highest BCUT2D eigenvalue weighted by atomic mass is 32.2. The fourth-order valence-corrected chi connectivity index (χ4v) is 5.70. The quantitative estimate of drug-likeness (QED) is 0.666. The van der Waals surface area contributed by atoms with Crippen LogP contribution in [0.3, 0.4) is 0 Å². The Morgan fingerprint density at radius 2 is 1.50 bits per heavy atom. The third kappa shape index (κ3) is 4.35. The summed E-state index contributed by atoms with van der Waals surface area (Å²) >= 11 is 0. The summed E-state index contributed by atoms with van der Waals surface area (Å²) in [5, 5.41) is 0. The van der Waals surface area contributed by atoms with Crippen LogP contribution in [0.2, 0.25) is 0 Å². The Morgan fingerprint density at radius 1 is 0.875 bits per heavy atom. The number of unbranched alkanes of at least 4 members (excludes halogenated alkanes) is 1. The van der Waals surface area contributed by atoms with E-state index in [1.165, 1.54) is 6.07 Å². The van der Waals surface area contributed by atoms with E-state index in [-0.39, 0.29) is 16.8 Å². The van der Waals surface area contributed by atoms with Crippen LogP contribution in [-0.2, 0) is 16.4 Å². The summed E-state index contributed by atoms with van der Waals surface area (Å²) in [4.78, 5) is 28.1. The second-order valence-corrected chi connectivity index (χ2v) is 9.95. The standard InChI is InChI=1S/C25H28N2O4S/c1-2-3-9-18-12-14-19(15-13-18)26-32(30,31)25-22(27-16-7-4-8-17-27)23(28)20-10-5-6-11-21(20)24(25)29/h5-6,10-15,26H,2-4,7-9,16-17H2,1H3. The Morgan fingerprint density at radius 3 is 2.12 bits per heavy atom. The number of piperidine rings is 1. The number of hydrogen-bond acceptors (Lipinski definition) is 5. The molecule has 0 spiro atoms. The second kappa shape index (κ2) is 9.28. The third-order valence-corrected chi connectivity index (χ3v) is 7.44. The smallest absolute Gasteiger partial charge is 0.268 e. The number of sulfonamides is 1. The number of benzene rings is 2. The molecular formula is C25H28N2O4S. The topological polar surface area (TPSA) is 83.6 Å². The van der Waals surface area contributed by atoms with Crippen LogP contribution in [0.1, 0.15) is 65.3 Å². The van der Waals surface area contributed by atoms with E-state index in [4.69, 9.17) is 0 Å². The molecule has 1 N–H and O–H groups in total. The largest absolute Gasteiger partial charge is 0.367 e. The zero-order chi connectivity index (χ0) is 22.7. The van der Waals surface area contributed by atoms with Crippen molar-refractivity contribution < 1.29 is 18.0 Å². The van der Waals surface area contributed by atoms with Gasteiger partial charge in [0.1, 0.15) is 5.70 Å². The average Bonchev–Trinajstić information content (AvgIpc) is 2.81. The molecule has 1 aliphatic carbocycles. The van der Waals surface area contributed by atoms with Crippen molar-refractivity contribution in [2.45, 2.75) is 45.4 Å². The molecule has 2 aliphatic rings. The lowest BCUT2D eigenvalue weighted by molar-refractivity contribution is 0.0939. The van der Waals surface area contributed by atoms with Crippen molar-refractivity contribution in [3.8, 4) is 0 Å². The molecule has 7 heteroatoms. The van der Waals surface area contributed by atoms with Crippen molar-refractivity contribution in [3.63, 3.8) is 0 Å². The molecule has 4 rings (SSSR count). The average molecular weight is 453 g/mol. The lowest BCUT2D eigenvalue weighted by Gasteiger charge is -2.33. The van der Waals surface area contributed by atoms with Crippen LogP contribution in [0.5, 0.6) is 0 Å². The fraction of sp³-hybridized carbons (Fsp3) is 0.360. The third-order valence-electron chi connectivity index (χ3n) is 6.02. The first kappa shape index (κ1) is 22.3. The molecular weight excluding hydrogens is 424 g/mol. The molecule has 0 amide bonds. The van der Waals surface area contributed by atoms with Gasteiger partial charge in [0.2, 0.25) is 11.6 Å². The van der Waals surface area contributed by atoms with Gasteiger partial charge in [-0.3, -0.25) is 14.3 Å². The molecule has 1 heterocycles. The van der Waals surface area contributed by atoms with Crippen molar-refractivity contribution in [1.82, 2.24) is 4.90 Å². The van der Waals surface area contributed by atoms with Gasteiger partial charge in [-0.1, -0.05) is 49.7 Å². The first-order valence-electron chi connectivity index (χ1n) is 11.2. The highest BCUT2D eigenvalue weighted by Gasteiger charge is 2.41. The summed E-state index contributed by atoms with van der Waals surface area (Å²) in [7, 11) is -4.27. The van der Waals surface area contributed by atoms with Gasteiger partial charge in [-0.15, -0.1) is 0 Å². The molecule has 32 heavy (non-hydrogen) atoms. The molecule has 168 valence electrons. The van der Waals surface area contributed by atoms with Crippen molar-refractivity contribution in [3.05, 3.63) is 75.8 Å². The Bertz CT molecular complexity index is 1160. The van der Waals surface area contributed by atoms with Gasteiger partial charge in [0.05, 0.1) is 0 Å². The summed E-state index contributed by atoms with van der Waals surface area (Å²) < 4.78 is 29.5. The zero-order valence-corrected chi connectivity index (χ0v) is 19.1. The number of nitrogens with zero attached hydrogens (tertiary/aromatic N) is 1. The number of hydrogen-bond donors (Lipinski definition) is 1. The molecule has 2 aromatic rings. The number of Topliss-reactive ketones (excluding diaryl/α,β-unsaturated/α-hetero) is 2. The summed E-state index contributed by atoms with van der Waals surface area (Å²) in [6, 6.07) is 13.6. The minimum Gasteiger partial charge on any atom is -0.367 e. The predicted molar refractivity (Wildman–Crippen MR) is 125 cm³/mol. The highest BCUT2D eigenvalue weighted by molar-refractivity contribution is 7.97. The molecule has 0 radical (unpaired) electrons. The van der Waals surface area contributed by atoms with Crippen LogP contribution in [0.25, 0.3) is 0 Å². The molecule has 1 aliphatic heterocycles. The first-order chi connectivity index (χ1) is 15.4. The number of ketones is 2. The van der Waals surface area contributed by atoms with Gasteiger partial charge in [0.15, 0.2) is 4.91 Å². The number of aryl methyl sites for hydroxylation is 1. The zero-order valence-electron chi connectivity index (χ0n) is 18.3. The maximum Gasteiger partial charge on any atom is 0.268 e. The van der Waals surface area contributed by atoms with Gasteiger partial charge in [-0.05, 0) is 49.8 Å². The van der Waals surface area contributed by atoms with Gasteiger partial charge >= 0.3 is 0 Å². The minimum absolute atomic E-state index is 0.000431. The molecule has 0 unspecified atom stereocenters. The number of rotatable bonds is 7. The van der Waals surface area contributed by atoms with Gasteiger partial charge in [0, 0.05) is 29.9 Å². The van der Waals surface area contributed by atoms with Crippen molar-refractivity contribution in [2.75, 3.05) is 17.8 Å². The number of likely N-dealkylation sites (tertiary alicyclic amines) is 1. The van der Waals surface area contributed by atoms with Crippen LogP contribution in [0.4, 0.5) is 5.69 Å². The maximum absolute atomic E-state index is 13.5. The maximum atomic E-state index is 13.5. The van der Waals surface area contributed by atoms with E-state index in [1.54, 1.807) is 35.2 Å².